The van der Waals surface area contributed by atoms with Gasteiger partial charge in [0.05, 0.1) is 5.56 Å². The van der Waals surface area contributed by atoms with Crippen LogP contribution in [0.3, 0.4) is 0 Å². The molecule has 144 valence electrons. The quantitative estimate of drug-likeness (QED) is 0.570. The lowest BCUT2D eigenvalue weighted by Gasteiger charge is -2.25. The van der Waals surface area contributed by atoms with Gasteiger partial charge in [0, 0.05) is 29.0 Å². The minimum atomic E-state index is -4.50. The summed E-state index contributed by atoms with van der Waals surface area (Å²) >= 11 is 1.93. The van der Waals surface area contributed by atoms with Gasteiger partial charge in [-0.15, -0.1) is 0 Å². The first-order valence-corrected chi connectivity index (χ1v) is 8.60. The third-order valence-corrected chi connectivity index (χ3v) is 4.33. The lowest BCUT2D eigenvalue weighted by Crippen LogP contribution is -2.50. The molecule has 26 heavy (non-hydrogen) atoms. The maximum absolute atomic E-state index is 13.0. The number of halogens is 6. The van der Waals surface area contributed by atoms with E-state index in [2.05, 4.69) is 0 Å². The highest BCUT2D eigenvalue weighted by Gasteiger charge is 2.39. The van der Waals surface area contributed by atoms with E-state index in [1.54, 1.807) is 0 Å². The van der Waals surface area contributed by atoms with Crippen molar-refractivity contribution in [2.45, 2.75) is 42.9 Å². The molecule has 4 nitrogen and oxygen atoms in total. The van der Waals surface area contributed by atoms with Crippen molar-refractivity contribution in [3.8, 4) is 0 Å². The Morgan fingerprint density at radius 2 is 1.92 bits per heavy atom. The minimum Gasteiger partial charge on any atom is -0.338 e. The van der Waals surface area contributed by atoms with E-state index in [1.807, 2.05) is 21.2 Å². The van der Waals surface area contributed by atoms with E-state index in [0.29, 0.717) is 12.8 Å². The first-order valence-electron chi connectivity index (χ1n) is 7.81. The molecule has 10 heteroatoms. The molecule has 1 heterocycles. The smallest absolute Gasteiger partial charge is 0.338 e. The molecule has 0 radical (unpaired) electrons. The number of rotatable bonds is 4. The Bertz CT molecular complexity index is 675. The van der Waals surface area contributed by atoms with Crippen molar-refractivity contribution in [1.82, 2.24) is 10.2 Å². The van der Waals surface area contributed by atoms with E-state index in [-0.39, 0.29) is 25.1 Å². The third-order valence-electron chi connectivity index (χ3n) is 3.97. The Labute approximate surface area is 154 Å². The number of carbonyl (C=O) groups excluding carboxylic acids is 2. The largest absolute Gasteiger partial charge is 0.416 e. The SMILES string of the molecule is O=C1C(NC(=O)C(F)(F)Br)CCCCN1Cc1cccc(C(F)(F)F)c1. The average Bonchev–Trinajstić information content (AvgIpc) is 2.69. The highest BCUT2D eigenvalue weighted by atomic mass is 79.9. The zero-order valence-electron chi connectivity index (χ0n) is 13.5. The van der Waals surface area contributed by atoms with Gasteiger partial charge < -0.3 is 10.2 Å². The molecule has 1 N–H and O–H groups in total. The molecule has 0 saturated carbocycles. The van der Waals surface area contributed by atoms with Gasteiger partial charge >= 0.3 is 16.9 Å². The number of likely N-dealkylation sites (tertiary alicyclic amines) is 1. The second-order valence-electron chi connectivity index (χ2n) is 5.98. The van der Waals surface area contributed by atoms with Gasteiger partial charge in [0.25, 0.3) is 0 Å². The van der Waals surface area contributed by atoms with Crippen molar-refractivity contribution in [3.63, 3.8) is 0 Å². The van der Waals surface area contributed by atoms with Crippen LogP contribution in [0.25, 0.3) is 0 Å². The Hall–Kier alpha value is -1.71. The number of amides is 2. The van der Waals surface area contributed by atoms with Gasteiger partial charge in [-0.2, -0.15) is 22.0 Å². The lowest BCUT2D eigenvalue weighted by molar-refractivity contribution is -0.141. The average molecular weight is 443 g/mol. The van der Waals surface area contributed by atoms with Gasteiger partial charge in [0.1, 0.15) is 6.04 Å². The van der Waals surface area contributed by atoms with Gasteiger partial charge in [-0.25, -0.2) is 0 Å². The highest BCUT2D eigenvalue weighted by molar-refractivity contribution is 9.10. The highest BCUT2D eigenvalue weighted by Crippen LogP contribution is 2.30. The number of nitrogens with one attached hydrogen (secondary N) is 1. The number of hydrogen-bond acceptors (Lipinski definition) is 2. The Morgan fingerprint density at radius 3 is 2.54 bits per heavy atom. The Morgan fingerprint density at radius 1 is 1.23 bits per heavy atom. The predicted molar refractivity (Wildman–Crippen MR) is 86.5 cm³/mol. The zero-order valence-corrected chi connectivity index (χ0v) is 15.0. The number of hydrogen-bond donors (Lipinski definition) is 1. The third kappa shape index (κ3) is 5.39. The number of nitrogens with zero attached hydrogens (tertiary/aromatic N) is 1. The van der Waals surface area contributed by atoms with E-state index in [0.717, 1.165) is 12.1 Å². The summed E-state index contributed by atoms with van der Waals surface area (Å²) in [5.41, 5.74) is -0.563. The van der Waals surface area contributed by atoms with Crippen molar-refractivity contribution in [2.24, 2.45) is 0 Å². The van der Waals surface area contributed by atoms with E-state index in [1.165, 1.54) is 17.0 Å². The van der Waals surface area contributed by atoms with Crippen LogP contribution in [0.5, 0.6) is 0 Å². The fourth-order valence-electron chi connectivity index (χ4n) is 2.70. The van der Waals surface area contributed by atoms with E-state index >= 15 is 0 Å². The summed E-state index contributed by atoms with van der Waals surface area (Å²) in [5.74, 6) is -2.22. The van der Waals surface area contributed by atoms with E-state index in [9.17, 15) is 31.5 Å². The van der Waals surface area contributed by atoms with Gasteiger partial charge in [-0.05, 0) is 37.0 Å². The number of carbonyl (C=O) groups is 2. The molecular formula is C16H16BrF5N2O2. The van der Waals surface area contributed by atoms with Crippen molar-refractivity contribution >= 4 is 27.7 Å². The van der Waals surface area contributed by atoms with E-state index < -0.39 is 34.4 Å². The first-order chi connectivity index (χ1) is 12.0. The molecule has 0 spiro atoms. The normalized spacial score (nSPS) is 19.2. The summed E-state index contributed by atoms with van der Waals surface area (Å²) < 4.78 is 64.4. The van der Waals surface area contributed by atoms with Gasteiger partial charge in [0.2, 0.25) is 5.91 Å². The molecule has 1 aliphatic heterocycles. The molecule has 2 rings (SSSR count). The van der Waals surface area contributed by atoms with Crippen LogP contribution in [-0.2, 0) is 22.3 Å². The van der Waals surface area contributed by atoms with Crippen molar-refractivity contribution in [3.05, 3.63) is 35.4 Å². The van der Waals surface area contributed by atoms with Crippen molar-refractivity contribution in [2.75, 3.05) is 6.54 Å². The second-order valence-corrected chi connectivity index (χ2v) is 6.97. The van der Waals surface area contributed by atoms with E-state index in [4.69, 9.17) is 0 Å². The summed E-state index contributed by atoms with van der Waals surface area (Å²) in [4.78, 5) is 21.4. The fourth-order valence-corrected chi connectivity index (χ4v) is 2.82. The summed E-state index contributed by atoms with van der Waals surface area (Å²) in [6.45, 7) is 0.173. The second kappa shape index (κ2) is 7.89. The predicted octanol–water partition coefficient (Wildman–Crippen LogP) is 3.69. The molecule has 2 amide bonds. The molecule has 1 aromatic carbocycles. The molecule has 1 saturated heterocycles. The maximum Gasteiger partial charge on any atom is 0.416 e. The molecule has 1 fully saturated rings. The topological polar surface area (TPSA) is 49.4 Å². The van der Waals surface area contributed by atoms with Gasteiger partial charge in [0.15, 0.2) is 0 Å². The summed E-state index contributed by atoms with van der Waals surface area (Å²) in [6, 6.07) is 3.42. The van der Waals surface area contributed by atoms with Crippen LogP contribution in [0.15, 0.2) is 24.3 Å². The van der Waals surface area contributed by atoms with Crippen molar-refractivity contribution < 1.29 is 31.5 Å². The molecule has 1 atom stereocenters. The molecule has 1 unspecified atom stereocenters. The summed E-state index contributed by atoms with van der Waals surface area (Å²) in [5, 5.41) is 1.99. The van der Waals surface area contributed by atoms with Crippen LogP contribution in [0.1, 0.15) is 30.4 Å². The zero-order chi connectivity index (χ0) is 19.5. The molecule has 0 aromatic heterocycles. The van der Waals surface area contributed by atoms with Crippen LogP contribution < -0.4 is 5.32 Å². The standard InChI is InChI=1S/C16H16BrF5N2O2/c17-15(18,19)14(26)23-12-6-1-2-7-24(13(12)25)9-10-4-3-5-11(8-10)16(20,21)22/h3-5,8,12H,1-2,6-7,9H2,(H,23,26). The number of alkyl halides is 6. The van der Waals surface area contributed by atoms with Crippen molar-refractivity contribution in [1.29, 1.82) is 0 Å². The molecule has 1 aliphatic rings. The monoisotopic (exact) mass is 442 g/mol. The van der Waals surface area contributed by atoms with Crippen LogP contribution in [0.2, 0.25) is 0 Å². The minimum absolute atomic E-state index is 0.0974. The molecule has 0 bridgehead atoms. The Kier molecular flexibility index (Phi) is 6.25. The Balaban J connectivity index is 2.13. The van der Waals surface area contributed by atoms with Crippen LogP contribution in [0, 0.1) is 0 Å². The molecule has 0 aliphatic carbocycles. The summed E-state index contributed by atoms with van der Waals surface area (Å²) in [7, 11) is 0. The van der Waals surface area contributed by atoms with Gasteiger partial charge in [-0.1, -0.05) is 12.1 Å². The maximum atomic E-state index is 13.0. The number of benzene rings is 1. The first kappa shape index (κ1) is 20.6. The summed E-state index contributed by atoms with van der Waals surface area (Å²) in [6.07, 6.45) is -3.24. The lowest BCUT2D eigenvalue weighted by atomic mass is 10.1. The van der Waals surface area contributed by atoms with Crippen LogP contribution in [0.4, 0.5) is 22.0 Å². The van der Waals surface area contributed by atoms with Crippen LogP contribution in [-0.4, -0.2) is 34.1 Å². The fraction of sp³-hybridized carbons (Fsp3) is 0.500. The van der Waals surface area contributed by atoms with Gasteiger partial charge in [-0.3, -0.25) is 9.59 Å². The molecule has 1 aromatic rings. The van der Waals surface area contributed by atoms with Crippen LogP contribution >= 0.6 is 15.9 Å². The molecular weight excluding hydrogens is 427 g/mol.